The molecule has 0 bridgehead atoms. The van der Waals surface area contributed by atoms with Crippen LogP contribution in [0.25, 0.3) is 5.52 Å². The van der Waals surface area contributed by atoms with Crippen LogP contribution >= 0.6 is 0 Å². The van der Waals surface area contributed by atoms with Gasteiger partial charge in [-0.15, -0.1) is 0 Å². The minimum atomic E-state index is -3.19. The van der Waals surface area contributed by atoms with Crippen molar-refractivity contribution in [3.8, 4) is 0 Å². The maximum atomic E-state index is 12.0. The number of nitrogens with zero attached hydrogens (tertiary/aromatic N) is 4. The van der Waals surface area contributed by atoms with Crippen molar-refractivity contribution in [1.82, 2.24) is 30.1 Å². The molecular formula is C21H29N7O4S. The predicted octanol–water partition coefficient (Wildman–Crippen LogP) is 2.90. The Kier molecular flexibility index (Phi) is 6.54. The first kappa shape index (κ1) is 23.0. The summed E-state index contributed by atoms with van der Waals surface area (Å²) in [7, 11) is -3.19. The second-order valence-corrected chi connectivity index (χ2v) is 10.9. The molecule has 12 heteroatoms. The second-order valence-electron chi connectivity index (χ2n) is 8.59. The number of sulfone groups is 1. The summed E-state index contributed by atoms with van der Waals surface area (Å²) in [6.07, 6.45) is 5.20. The highest BCUT2D eigenvalue weighted by Crippen LogP contribution is 2.36. The van der Waals surface area contributed by atoms with Gasteiger partial charge in [0, 0.05) is 41.9 Å². The number of hydrogen-bond donors (Lipinski definition) is 3. The summed E-state index contributed by atoms with van der Waals surface area (Å²) in [4.78, 5) is 16.2. The van der Waals surface area contributed by atoms with Crippen LogP contribution in [0.1, 0.15) is 57.3 Å². The van der Waals surface area contributed by atoms with Crippen molar-refractivity contribution in [1.29, 1.82) is 0 Å². The Hall–Kier alpha value is -3.15. The quantitative estimate of drug-likeness (QED) is 0.451. The van der Waals surface area contributed by atoms with E-state index in [9.17, 15) is 13.2 Å². The van der Waals surface area contributed by atoms with E-state index in [0.29, 0.717) is 22.8 Å². The van der Waals surface area contributed by atoms with Gasteiger partial charge in [0.15, 0.2) is 21.5 Å². The van der Waals surface area contributed by atoms with Crippen LogP contribution in [0.15, 0.2) is 24.5 Å². The van der Waals surface area contributed by atoms with Gasteiger partial charge >= 0.3 is 6.09 Å². The van der Waals surface area contributed by atoms with Gasteiger partial charge in [-0.05, 0) is 39.2 Å². The van der Waals surface area contributed by atoms with Crippen LogP contribution in [-0.2, 0) is 20.3 Å². The van der Waals surface area contributed by atoms with Gasteiger partial charge in [0.25, 0.3) is 0 Å². The molecule has 2 atom stereocenters. The van der Waals surface area contributed by atoms with Crippen LogP contribution in [0.3, 0.4) is 0 Å². The van der Waals surface area contributed by atoms with E-state index in [1.165, 1.54) is 0 Å². The van der Waals surface area contributed by atoms with E-state index in [0.717, 1.165) is 25.0 Å². The zero-order valence-corrected chi connectivity index (χ0v) is 19.7. The molecule has 4 rings (SSSR count). The minimum absolute atomic E-state index is 0.0388. The largest absolute Gasteiger partial charge is 0.446 e. The van der Waals surface area contributed by atoms with Gasteiger partial charge < -0.3 is 15.4 Å². The third kappa shape index (κ3) is 5.62. The van der Waals surface area contributed by atoms with Crippen molar-refractivity contribution in [3.63, 3.8) is 0 Å². The number of carbonyl (C=O) groups excluding carboxylic acids is 1. The molecular weight excluding hydrogens is 446 g/mol. The summed E-state index contributed by atoms with van der Waals surface area (Å²) in [5, 5.41) is 17.7. The molecule has 0 radical (unpaired) electrons. The van der Waals surface area contributed by atoms with E-state index < -0.39 is 9.84 Å². The van der Waals surface area contributed by atoms with Crippen molar-refractivity contribution < 1.29 is 17.9 Å². The van der Waals surface area contributed by atoms with E-state index in [4.69, 9.17) is 4.74 Å². The van der Waals surface area contributed by atoms with Gasteiger partial charge in [0.05, 0.1) is 11.4 Å². The average Bonchev–Trinajstić information content (AvgIpc) is 3.47. The van der Waals surface area contributed by atoms with Gasteiger partial charge in [-0.3, -0.25) is 5.10 Å². The number of carbonyl (C=O) groups is 1. The third-order valence-electron chi connectivity index (χ3n) is 5.60. The fourth-order valence-corrected chi connectivity index (χ4v) is 4.74. The number of nitrogens with one attached hydrogen (secondary N) is 3. The highest BCUT2D eigenvalue weighted by Gasteiger charge is 2.30. The standard InChI is InChI=1S/C21H29N7O4S/c1-4-33(30,31)12-15-10-18-20(22-7-8-28(18)27-15)24-19-11-17(25-26-19)14-5-6-16(9-14)32-21(29)23-13(2)3/h7-8,10-11,13-14,16H,4-6,9,12H2,1-3H3,(H,23,29)(H2,22,24,25,26)/t14-,16+/m0/s1. The molecule has 178 valence electrons. The first-order chi connectivity index (χ1) is 15.7. The normalized spacial score (nSPS) is 18.7. The second kappa shape index (κ2) is 9.38. The number of amides is 1. The molecule has 3 N–H and O–H groups in total. The van der Waals surface area contributed by atoms with Crippen LogP contribution in [0, 0.1) is 0 Å². The topological polar surface area (TPSA) is 143 Å². The molecule has 33 heavy (non-hydrogen) atoms. The summed E-state index contributed by atoms with van der Waals surface area (Å²) in [6.45, 7) is 5.41. The van der Waals surface area contributed by atoms with Crippen LogP contribution in [0.5, 0.6) is 0 Å². The fourth-order valence-electron chi connectivity index (χ4n) is 3.95. The van der Waals surface area contributed by atoms with Crippen LogP contribution in [0.2, 0.25) is 0 Å². The number of aromatic nitrogens is 5. The lowest BCUT2D eigenvalue weighted by molar-refractivity contribution is 0.0981. The highest BCUT2D eigenvalue weighted by atomic mass is 32.2. The number of ether oxygens (including phenoxy) is 1. The zero-order valence-electron chi connectivity index (χ0n) is 18.9. The van der Waals surface area contributed by atoms with Gasteiger partial charge in [-0.2, -0.15) is 10.2 Å². The van der Waals surface area contributed by atoms with E-state index in [2.05, 4.69) is 30.9 Å². The first-order valence-corrected chi connectivity index (χ1v) is 12.9. The lowest BCUT2D eigenvalue weighted by Gasteiger charge is -2.14. The van der Waals surface area contributed by atoms with E-state index in [1.807, 2.05) is 19.9 Å². The Balaban J connectivity index is 1.43. The number of aromatic amines is 1. The molecule has 0 spiro atoms. The lowest BCUT2D eigenvalue weighted by Crippen LogP contribution is -2.33. The van der Waals surface area contributed by atoms with E-state index in [1.54, 1.807) is 29.9 Å². The monoisotopic (exact) mass is 475 g/mol. The van der Waals surface area contributed by atoms with Gasteiger partial charge in [0.1, 0.15) is 11.6 Å². The molecule has 1 fully saturated rings. The molecule has 3 aromatic heterocycles. The summed E-state index contributed by atoms with van der Waals surface area (Å²) < 4.78 is 31.0. The summed E-state index contributed by atoms with van der Waals surface area (Å²) in [6, 6.07) is 3.68. The van der Waals surface area contributed by atoms with Crippen LogP contribution in [-0.4, -0.2) is 57.2 Å². The Morgan fingerprint density at radius 2 is 2.15 bits per heavy atom. The number of rotatable bonds is 8. The highest BCUT2D eigenvalue weighted by molar-refractivity contribution is 7.90. The van der Waals surface area contributed by atoms with Crippen molar-refractivity contribution in [2.24, 2.45) is 0 Å². The molecule has 3 heterocycles. The maximum absolute atomic E-state index is 12.0. The minimum Gasteiger partial charge on any atom is -0.446 e. The van der Waals surface area contributed by atoms with Crippen molar-refractivity contribution in [2.75, 3.05) is 11.1 Å². The molecule has 3 aromatic rings. The predicted molar refractivity (Wildman–Crippen MR) is 123 cm³/mol. The van der Waals surface area contributed by atoms with Crippen molar-refractivity contribution >= 4 is 33.1 Å². The Morgan fingerprint density at radius 1 is 1.33 bits per heavy atom. The Bertz CT molecular complexity index is 1230. The molecule has 1 aliphatic rings. The van der Waals surface area contributed by atoms with Crippen molar-refractivity contribution in [2.45, 2.75) is 63.9 Å². The number of anilines is 2. The Labute approximate surface area is 192 Å². The molecule has 0 aromatic carbocycles. The van der Waals surface area contributed by atoms with Crippen LogP contribution in [0.4, 0.5) is 16.4 Å². The van der Waals surface area contributed by atoms with E-state index in [-0.39, 0.29) is 35.7 Å². The average molecular weight is 476 g/mol. The van der Waals surface area contributed by atoms with Gasteiger partial charge in [-0.1, -0.05) is 6.92 Å². The molecule has 0 aliphatic heterocycles. The lowest BCUT2D eigenvalue weighted by atomic mass is 10.0. The molecule has 1 amide bonds. The maximum Gasteiger partial charge on any atom is 0.407 e. The Morgan fingerprint density at radius 3 is 2.91 bits per heavy atom. The van der Waals surface area contributed by atoms with Gasteiger partial charge in [-0.25, -0.2) is 22.7 Å². The van der Waals surface area contributed by atoms with E-state index >= 15 is 0 Å². The van der Waals surface area contributed by atoms with Crippen molar-refractivity contribution in [3.05, 3.63) is 35.9 Å². The smallest absolute Gasteiger partial charge is 0.407 e. The summed E-state index contributed by atoms with van der Waals surface area (Å²) in [5.41, 5.74) is 2.09. The first-order valence-electron chi connectivity index (χ1n) is 11.1. The number of fused-ring (bicyclic) bond motifs is 1. The molecule has 1 saturated carbocycles. The number of hydrogen-bond acceptors (Lipinski definition) is 8. The zero-order chi connectivity index (χ0) is 23.6. The summed E-state index contributed by atoms with van der Waals surface area (Å²) >= 11 is 0. The SMILES string of the molecule is CCS(=O)(=O)Cc1cc2c(Nc3cc([C@H]4CC[C@@H](OC(=O)NC(C)C)C4)[nH]n3)nccn2n1. The molecule has 11 nitrogen and oxygen atoms in total. The number of alkyl carbamates (subject to hydrolysis) is 1. The van der Waals surface area contributed by atoms with Crippen LogP contribution < -0.4 is 10.6 Å². The third-order valence-corrected chi connectivity index (χ3v) is 7.21. The fraction of sp³-hybridized carbons (Fsp3) is 0.524. The molecule has 0 saturated heterocycles. The molecule has 1 aliphatic carbocycles. The summed E-state index contributed by atoms with van der Waals surface area (Å²) in [5.74, 6) is 1.29. The molecule has 0 unspecified atom stereocenters. The number of H-pyrrole nitrogens is 1. The van der Waals surface area contributed by atoms with Gasteiger partial charge in [0.2, 0.25) is 0 Å².